The molecule has 0 N–H and O–H groups in total. The van der Waals surface area contributed by atoms with Gasteiger partial charge >= 0.3 is 5.97 Å². The van der Waals surface area contributed by atoms with Gasteiger partial charge in [-0.3, -0.25) is 0 Å². The fourth-order valence-corrected chi connectivity index (χ4v) is 1.91. The van der Waals surface area contributed by atoms with Crippen molar-refractivity contribution in [2.24, 2.45) is 0 Å². The van der Waals surface area contributed by atoms with Gasteiger partial charge < -0.3 is 9.47 Å². The van der Waals surface area contributed by atoms with Crippen molar-refractivity contribution in [3.63, 3.8) is 0 Å². The van der Waals surface area contributed by atoms with Crippen molar-refractivity contribution in [3.05, 3.63) is 58.2 Å². The molecule has 0 saturated heterocycles. The molecule has 1 heterocycles. The monoisotopic (exact) mass is 291 g/mol. The maximum absolute atomic E-state index is 11.5. The van der Waals surface area contributed by atoms with E-state index in [1.807, 2.05) is 30.3 Å². The van der Waals surface area contributed by atoms with E-state index in [0.29, 0.717) is 23.7 Å². The summed E-state index contributed by atoms with van der Waals surface area (Å²) in [6.07, 6.45) is 0. The number of halogens is 1. The average Bonchev–Trinajstić information content (AvgIpc) is 2.48. The third-order valence-electron chi connectivity index (χ3n) is 2.76. The molecule has 0 aliphatic carbocycles. The van der Waals surface area contributed by atoms with Crippen molar-refractivity contribution >= 4 is 17.6 Å². The first-order chi connectivity index (χ1) is 9.61. The van der Waals surface area contributed by atoms with E-state index in [1.54, 1.807) is 6.92 Å². The van der Waals surface area contributed by atoms with E-state index < -0.39 is 5.97 Å². The highest BCUT2D eigenvalue weighted by molar-refractivity contribution is 6.32. The summed E-state index contributed by atoms with van der Waals surface area (Å²) in [6, 6.07) is 11.2. The summed E-state index contributed by atoms with van der Waals surface area (Å²) in [5.41, 5.74) is 1.87. The van der Waals surface area contributed by atoms with Crippen molar-refractivity contribution in [2.45, 2.75) is 13.5 Å². The Hall–Kier alpha value is -2.07. The van der Waals surface area contributed by atoms with Gasteiger partial charge in [-0.15, -0.1) is 0 Å². The van der Waals surface area contributed by atoms with Crippen LogP contribution in [0.5, 0.6) is 5.88 Å². The second-order valence-corrected chi connectivity index (χ2v) is 4.58. The van der Waals surface area contributed by atoms with E-state index in [1.165, 1.54) is 13.2 Å². The maximum Gasteiger partial charge on any atom is 0.339 e. The third kappa shape index (κ3) is 3.27. The zero-order valence-corrected chi connectivity index (χ0v) is 12.0. The number of benzene rings is 1. The summed E-state index contributed by atoms with van der Waals surface area (Å²) in [5, 5.41) is 0.284. The van der Waals surface area contributed by atoms with Gasteiger partial charge in [0.15, 0.2) is 0 Å². The van der Waals surface area contributed by atoms with Crippen LogP contribution in [0.25, 0.3) is 0 Å². The minimum Gasteiger partial charge on any atom is -0.472 e. The lowest BCUT2D eigenvalue weighted by Crippen LogP contribution is -2.07. The second kappa shape index (κ2) is 6.39. The van der Waals surface area contributed by atoms with E-state index in [4.69, 9.17) is 16.3 Å². The Morgan fingerprint density at radius 3 is 2.65 bits per heavy atom. The Balaban J connectivity index is 2.17. The van der Waals surface area contributed by atoms with Crippen LogP contribution in [0.3, 0.4) is 0 Å². The summed E-state index contributed by atoms with van der Waals surface area (Å²) >= 11 is 6.07. The van der Waals surface area contributed by atoms with E-state index in [0.717, 1.165) is 5.56 Å². The smallest absolute Gasteiger partial charge is 0.339 e. The van der Waals surface area contributed by atoms with Crippen LogP contribution in [-0.2, 0) is 11.3 Å². The van der Waals surface area contributed by atoms with Crippen LogP contribution in [-0.4, -0.2) is 18.1 Å². The summed E-state index contributed by atoms with van der Waals surface area (Å²) in [5.74, 6) is -0.160. The van der Waals surface area contributed by atoms with Crippen LogP contribution in [0.1, 0.15) is 21.6 Å². The lowest BCUT2D eigenvalue weighted by atomic mass is 10.2. The number of carbonyl (C=O) groups excluding carboxylic acids is 1. The van der Waals surface area contributed by atoms with Gasteiger partial charge in [0.1, 0.15) is 11.6 Å². The normalized spacial score (nSPS) is 10.2. The number of aryl methyl sites for hydroxylation is 1. The molecule has 20 heavy (non-hydrogen) atoms. The standard InChI is InChI=1S/C15H14ClNO3/c1-10-12(15(18)19-2)8-13(16)14(17-10)20-9-11-6-4-3-5-7-11/h3-8H,9H2,1-2H3. The number of hydrogen-bond acceptors (Lipinski definition) is 4. The maximum atomic E-state index is 11.5. The van der Waals surface area contributed by atoms with Crippen LogP contribution in [0, 0.1) is 6.92 Å². The Morgan fingerprint density at radius 1 is 1.30 bits per heavy atom. The molecule has 1 aromatic carbocycles. The van der Waals surface area contributed by atoms with Crippen molar-refractivity contribution in [2.75, 3.05) is 7.11 Å². The molecule has 0 radical (unpaired) electrons. The molecule has 2 rings (SSSR count). The Labute approximate surface area is 122 Å². The predicted octanol–water partition coefficient (Wildman–Crippen LogP) is 3.41. The van der Waals surface area contributed by atoms with Crippen molar-refractivity contribution < 1.29 is 14.3 Å². The summed E-state index contributed by atoms with van der Waals surface area (Å²) in [6.45, 7) is 2.07. The molecule has 1 aromatic heterocycles. The molecule has 0 aliphatic heterocycles. The molecule has 0 fully saturated rings. The summed E-state index contributed by atoms with van der Waals surface area (Å²) in [4.78, 5) is 15.7. The fraction of sp³-hybridized carbons (Fsp3) is 0.200. The third-order valence-corrected chi connectivity index (χ3v) is 3.03. The van der Waals surface area contributed by atoms with Crippen LogP contribution in [0.2, 0.25) is 5.02 Å². The predicted molar refractivity (Wildman–Crippen MR) is 76.1 cm³/mol. The zero-order chi connectivity index (χ0) is 14.5. The highest BCUT2D eigenvalue weighted by Crippen LogP contribution is 2.25. The van der Waals surface area contributed by atoms with Gasteiger partial charge in [0, 0.05) is 0 Å². The average molecular weight is 292 g/mol. The van der Waals surface area contributed by atoms with Crippen LogP contribution in [0.15, 0.2) is 36.4 Å². The molecule has 0 bridgehead atoms. The van der Waals surface area contributed by atoms with Gasteiger partial charge in [0.2, 0.25) is 5.88 Å². The molecular formula is C15H14ClNO3. The molecular weight excluding hydrogens is 278 g/mol. The molecule has 5 heteroatoms. The molecule has 0 unspecified atom stereocenters. The Bertz CT molecular complexity index is 614. The first kappa shape index (κ1) is 14.3. The van der Waals surface area contributed by atoms with Crippen LogP contribution >= 0.6 is 11.6 Å². The van der Waals surface area contributed by atoms with E-state index in [9.17, 15) is 4.79 Å². The topological polar surface area (TPSA) is 48.4 Å². The van der Waals surface area contributed by atoms with Crippen molar-refractivity contribution in [1.29, 1.82) is 0 Å². The molecule has 0 saturated carbocycles. The Kier molecular flexibility index (Phi) is 4.58. The number of rotatable bonds is 4. The minimum absolute atomic E-state index is 0.284. The van der Waals surface area contributed by atoms with Gasteiger partial charge in [-0.25, -0.2) is 9.78 Å². The number of carbonyl (C=O) groups is 1. The van der Waals surface area contributed by atoms with E-state index in [-0.39, 0.29) is 5.02 Å². The molecule has 2 aromatic rings. The summed E-state index contributed by atoms with van der Waals surface area (Å²) in [7, 11) is 1.31. The van der Waals surface area contributed by atoms with Crippen LogP contribution < -0.4 is 4.74 Å². The minimum atomic E-state index is -0.466. The SMILES string of the molecule is COC(=O)c1cc(Cl)c(OCc2ccccc2)nc1C. The van der Waals surface area contributed by atoms with Crippen LogP contribution in [0.4, 0.5) is 0 Å². The van der Waals surface area contributed by atoms with Crippen molar-refractivity contribution in [3.8, 4) is 5.88 Å². The number of hydrogen-bond donors (Lipinski definition) is 0. The first-order valence-electron chi connectivity index (χ1n) is 6.04. The van der Waals surface area contributed by atoms with E-state index >= 15 is 0 Å². The molecule has 104 valence electrons. The quantitative estimate of drug-likeness (QED) is 0.810. The number of nitrogens with zero attached hydrogens (tertiary/aromatic N) is 1. The number of esters is 1. The molecule has 4 nitrogen and oxygen atoms in total. The number of aromatic nitrogens is 1. The molecule has 0 amide bonds. The fourth-order valence-electron chi connectivity index (χ4n) is 1.70. The summed E-state index contributed by atoms with van der Waals surface area (Å²) < 4.78 is 10.2. The number of ether oxygens (including phenoxy) is 2. The largest absolute Gasteiger partial charge is 0.472 e. The van der Waals surface area contributed by atoms with Crippen molar-refractivity contribution in [1.82, 2.24) is 4.98 Å². The zero-order valence-electron chi connectivity index (χ0n) is 11.2. The molecule has 0 atom stereocenters. The van der Waals surface area contributed by atoms with Gasteiger partial charge in [0.05, 0.1) is 18.4 Å². The number of pyridine rings is 1. The lowest BCUT2D eigenvalue weighted by molar-refractivity contribution is 0.0599. The Morgan fingerprint density at radius 2 is 2.00 bits per heavy atom. The van der Waals surface area contributed by atoms with E-state index in [2.05, 4.69) is 9.72 Å². The van der Waals surface area contributed by atoms with Gasteiger partial charge in [-0.05, 0) is 18.6 Å². The molecule has 0 spiro atoms. The first-order valence-corrected chi connectivity index (χ1v) is 6.42. The van der Waals surface area contributed by atoms with Gasteiger partial charge in [-0.1, -0.05) is 41.9 Å². The highest BCUT2D eigenvalue weighted by atomic mass is 35.5. The highest BCUT2D eigenvalue weighted by Gasteiger charge is 2.15. The van der Waals surface area contributed by atoms with Gasteiger partial charge in [0.25, 0.3) is 0 Å². The number of methoxy groups -OCH3 is 1. The lowest BCUT2D eigenvalue weighted by Gasteiger charge is -2.10. The van der Waals surface area contributed by atoms with Gasteiger partial charge in [-0.2, -0.15) is 0 Å². The second-order valence-electron chi connectivity index (χ2n) is 4.17. The molecule has 0 aliphatic rings.